The molecule has 7 N–H and O–H groups in total. The van der Waals surface area contributed by atoms with Crippen molar-refractivity contribution >= 4 is 64.3 Å². The Balaban J connectivity index is 1.41. The lowest BCUT2D eigenvalue weighted by Gasteiger charge is -2.37. The molecule has 5 rings (SSSR count). The molecule has 20 nitrogen and oxygen atoms in total. The van der Waals surface area contributed by atoms with Gasteiger partial charge in [-0.05, 0) is 24.5 Å². The van der Waals surface area contributed by atoms with Gasteiger partial charge < -0.3 is 41.6 Å². The first kappa shape index (κ1) is 36.1. The third-order valence-electron chi connectivity index (χ3n) is 8.44. The third-order valence-corrected chi connectivity index (χ3v) is 8.44. The molecule has 20 heteroatoms. The molecule has 3 aliphatic heterocycles. The van der Waals surface area contributed by atoms with Crippen molar-refractivity contribution in [1.82, 2.24) is 30.8 Å². The van der Waals surface area contributed by atoms with E-state index in [1.807, 2.05) is 0 Å². The number of nitrogens with one attached hydrogen (secondary N) is 3. The van der Waals surface area contributed by atoms with Crippen LogP contribution in [-0.2, 0) is 59.3 Å². The number of carbonyl (C=O) groups excluding carboxylic acids is 8. The lowest BCUT2D eigenvalue weighted by molar-refractivity contribution is -0.222. The molecule has 272 valence electrons. The molecule has 0 aliphatic carbocycles. The predicted molar refractivity (Wildman–Crippen MR) is 171 cm³/mol. The lowest BCUT2D eigenvalue weighted by Crippen LogP contribution is -2.64. The highest BCUT2D eigenvalue weighted by atomic mass is 16.7. The Labute approximate surface area is 289 Å². The summed E-state index contributed by atoms with van der Waals surface area (Å²) in [5.41, 5.74) is 12.0. The van der Waals surface area contributed by atoms with Gasteiger partial charge in [0.15, 0.2) is 12.0 Å². The minimum absolute atomic E-state index is 0.0573. The maximum absolute atomic E-state index is 14.0. The number of nitrogens with two attached hydrogens (primary N) is 2. The zero-order valence-corrected chi connectivity index (χ0v) is 27.7. The number of hydrogen-bond donors (Lipinski definition) is 5. The van der Waals surface area contributed by atoms with Gasteiger partial charge in [0.25, 0.3) is 17.7 Å². The molecule has 1 aromatic heterocycles. The van der Waals surface area contributed by atoms with Crippen molar-refractivity contribution in [2.24, 2.45) is 22.4 Å². The molecule has 51 heavy (non-hydrogen) atoms. The number of hydroxylamine groups is 6. The van der Waals surface area contributed by atoms with E-state index in [2.05, 4.69) is 20.6 Å². The number of hydrogen-bond acceptors (Lipinski definition) is 12. The lowest BCUT2D eigenvalue weighted by atomic mass is 10.0. The van der Waals surface area contributed by atoms with Crippen molar-refractivity contribution in [3.63, 3.8) is 0 Å². The van der Waals surface area contributed by atoms with Gasteiger partial charge in [-0.2, -0.15) is 15.2 Å². The molecule has 3 aliphatic rings. The number of rotatable bonds is 12. The van der Waals surface area contributed by atoms with Crippen LogP contribution in [0.15, 0.2) is 35.5 Å². The fraction of sp³-hybridized carbons (Fsp3) is 0.452. The van der Waals surface area contributed by atoms with Crippen molar-refractivity contribution < 1.29 is 52.9 Å². The number of aromatic amines is 1. The Morgan fingerprint density at radius 2 is 1.45 bits per heavy atom. The summed E-state index contributed by atoms with van der Waals surface area (Å²) in [6.07, 6.45) is 0.0519. The SMILES string of the molecule is CC1CC(=O)ON(C(CCCN=C(N)N)C(=O)NC2CC(=O)ON(C(Cc3c[nH]c4ccccc34)C(=O)NC3CC(=O)ON(C)C3=O)C2=O)C1=O. The topological polar surface area (TPSA) is 278 Å². The van der Waals surface area contributed by atoms with E-state index in [1.165, 1.54) is 14.0 Å². The van der Waals surface area contributed by atoms with E-state index in [9.17, 15) is 38.4 Å². The number of carbonyl (C=O) groups is 8. The molecule has 0 bridgehead atoms. The van der Waals surface area contributed by atoms with Crippen LogP contribution in [0.2, 0.25) is 0 Å². The van der Waals surface area contributed by atoms with E-state index < -0.39 is 90.4 Å². The molecule has 0 radical (unpaired) electrons. The van der Waals surface area contributed by atoms with Crippen LogP contribution >= 0.6 is 0 Å². The summed E-state index contributed by atoms with van der Waals surface area (Å²) in [4.78, 5) is 127. The van der Waals surface area contributed by atoms with Crippen LogP contribution < -0.4 is 22.1 Å². The molecule has 5 unspecified atom stereocenters. The highest BCUT2D eigenvalue weighted by Gasteiger charge is 2.46. The van der Waals surface area contributed by atoms with Gasteiger partial charge in [0.1, 0.15) is 18.1 Å². The normalized spacial score (nSPS) is 22.2. The summed E-state index contributed by atoms with van der Waals surface area (Å²) >= 11 is 0. The van der Waals surface area contributed by atoms with Crippen LogP contribution in [0.4, 0.5) is 0 Å². The Kier molecular flexibility index (Phi) is 10.7. The molecule has 1 aromatic carbocycles. The Bertz CT molecular complexity index is 1790. The Morgan fingerprint density at radius 3 is 2.14 bits per heavy atom. The van der Waals surface area contributed by atoms with Crippen LogP contribution in [0.1, 0.15) is 44.6 Å². The standard InChI is InChI=1S/C31H37N9O11/c1-15-10-23(41)50-39(28(15)46)21(8-5-9-34-31(32)33)26(44)37-20-13-25(43)51-40(30(20)48)22(11-16-14-35-18-7-4-3-6-17(16)18)27(45)36-19-12-24(42)49-38(2)29(19)47/h3-4,6-7,14-15,19-22,35H,5,8-13H2,1-2H3,(H,36,45)(H,37,44)(H4,32,33,34). The van der Waals surface area contributed by atoms with E-state index in [1.54, 1.807) is 30.5 Å². The highest BCUT2D eigenvalue weighted by molar-refractivity contribution is 6.00. The molecule has 2 aromatic rings. The Hall–Kier alpha value is -6.21. The van der Waals surface area contributed by atoms with Gasteiger partial charge in [0, 0.05) is 43.0 Å². The first-order valence-corrected chi connectivity index (χ1v) is 16.0. The average molecular weight is 712 g/mol. The molecule has 0 saturated carbocycles. The van der Waals surface area contributed by atoms with E-state index >= 15 is 0 Å². The maximum Gasteiger partial charge on any atom is 0.335 e. The van der Waals surface area contributed by atoms with Crippen molar-refractivity contribution in [1.29, 1.82) is 0 Å². The fourth-order valence-corrected chi connectivity index (χ4v) is 5.89. The van der Waals surface area contributed by atoms with E-state index in [-0.39, 0.29) is 38.2 Å². The first-order valence-electron chi connectivity index (χ1n) is 16.0. The zero-order chi connectivity index (χ0) is 37.0. The van der Waals surface area contributed by atoms with Gasteiger partial charge in [0.2, 0.25) is 11.8 Å². The van der Waals surface area contributed by atoms with E-state index in [0.717, 1.165) is 0 Å². The third kappa shape index (κ3) is 8.16. The number of H-pyrrole nitrogens is 1. The molecule has 5 atom stereocenters. The molecule has 0 spiro atoms. The highest BCUT2D eigenvalue weighted by Crippen LogP contribution is 2.25. The van der Waals surface area contributed by atoms with Gasteiger partial charge in [0.05, 0.1) is 19.3 Å². The number of fused-ring (bicyclic) bond motifs is 1. The molecular formula is C31H37N9O11. The van der Waals surface area contributed by atoms with Crippen LogP contribution in [0.3, 0.4) is 0 Å². The van der Waals surface area contributed by atoms with Crippen LogP contribution in [0, 0.1) is 5.92 Å². The number of para-hydroxylation sites is 1. The second kappa shape index (κ2) is 15.1. The van der Waals surface area contributed by atoms with Gasteiger partial charge in [-0.15, -0.1) is 0 Å². The molecule has 4 heterocycles. The summed E-state index contributed by atoms with van der Waals surface area (Å²) in [7, 11) is 1.19. The smallest absolute Gasteiger partial charge is 0.335 e. The van der Waals surface area contributed by atoms with Crippen LogP contribution in [-0.4, -0.2) is 111 Å². The van der Waals surface area contributed by atoms with E-state index in [0.29, 0.717) is 31.7 Å². The number of likely N-dealkylation sites (N-methyl/N-ethyl adjacent to an activating group) is 1. The summed E-state index contributed by atoms with van der Waals surface area (Å²) in [5, 5.41) is 7.42. The molecule has 3 fully saturated rings. The second-order valence-electron chi connectivity index (χ2n) is 12.2. The number of aromatic nitrogens is 1. The molecule has 5 amide bonds. The molecular weight excluding hydrogens is 674 g/mol. The predicted octanol–water partition coefficient (Wildman–Crippen LogP) is -2.19. The molecule has 3 saturated heterocycles. The zero-order valence-electron chi connectivity index (χ0n) is 27.7. The van der Waals surface area contributed by atoms with Crippen molar-refractivity contribution in [3.05, 3.63) is 36.0 Å². The largest absolute Gasteiger partial charge is 0.370 e. The van der Waals surface area contributed by atoms with Crippen LogP contribution in [0.25, 0.3) is 10.9 Å². The summed E-state index contributed by atoms with van der Waals surface area (Å²) < 4.78 is 0. The van der Waals surface area contributed by atoms with Crippen LogP contribution in [0.5, 0.6) is 0 Å². The maximum atomic E-state index is 14.0. The first-order chi connectivity index (χ1) is 24.2. The van der Waals surface area contributed by atoms with Gasteiger partial charge in [-0.25, -0.2) is 14.4 Å². The van der Waals surface area contributed by atoms with Crippen molar-refractivity contribution in [2.45, 2.75) is 69.6 Å². The van der Waals surface area contributed by atoms with Gasteiger partial charge in [-0.3, -0.25) is 29.0 Å². The summed E-state index contributed by atoms with van der Waals surface area (Å²) in [6, 6.07) is 1.10. The quantitative estimate of drug-likeness (QED) is 0.0890. The Morgan fingerprint density at radius 1 is 0.863 bits per heavy atom. The number of nitrogens with zero attached hydrogens (tertiary/aromatic N) is 4. The number of guanidine groups is 1. The average Bonchev–Trinajstić information content (AvgIpc) is 3.48. The van der Waals surface area contributed by atoms with Crippen molar-refractivity contribution in [2.75, 3.05) is 13.6 Å². The summed E-state index contributed by atoms with van der Waals surface area (Å²) in [5.74, 6) is -7.86. The van der Waals surface area contributed by atoms with Gasteiger partial charge in [-0.1, -0.05) is 25.1 Å². The number of benzene rings is 1. The van der Waals surface area contributed by atoms with Gasteiger partial charge >= 0.3 is 17.9 Å². The summed E-state index contributed by atoms with van der Waals surface area (Å²) in [6.45, 7) is 1.55. The minimum Gasteiger partial charge on any atom is -0.370 e. The minimum atomic E-state index is -1.60. The number of aliphatic imine (C=N–C) groups is 1. The van der Waals surface area contributed by atoms with Crippen molar-refractivity contribution in [3.8, 4) is 0 Å². The second-order valence-corrected chi connectivity index (χ2v) is 12.2. The fourth-order valence-electron chi connectivity index (χ4n) is 5.89. The number of amides is 5. The van der Waals surface area contributed by atoms with E-state index in [4.69, 9.17) is 26.0 Å². The monoisotopic (exact) mass is 711 g/mol.